The Hall–Kier alpha value is -1.25. The highest BCUT2D eigenvalue weighted by Gasteiger charge is 2.66. The SMILES string of the molecule is CC1(C)CCC[C@@]2(C(=O)O)[C@@H]1CC[C@@]1(C)c3occc3CC[C@@H]21. The van der Waals surface area contributed by atoms with E-state index >= 15 is 0 Å². The van der Waals surface area contributed by atoms with Crippen molar-refractivity contribution in [1.82, 2.24) is 0 Å². The number of rotatable bonds is 1. The Bertz CT molecular complexity index is 643. The van der Waals surface area contributed by atoms with Crippen molar-refractivity contribution in [1.29, 1.82) is 0 Å². The molecule has 3 nitrogen and oxygen atoms in total. The predicted molar refractivity (Wildman–Crippen MR) is 88.3 cm³/mol. The Kier molecular flexibility index (Phi) is 3.09. The summed E-state index contributed by atoms with van der Waals surface area (Å²) in [7, 11) is 0. The molecule has 0 aliphatic heterocycles. The molecule has 1 aromatic rings. The molecule has 0 saturated heterocycles. The lowest BCUT2D eigenvalue weighted by Crippen LogP contribution is -2.62. The number of fused-ring (bicyclic) bond motifs is 5. The first-order valence-electron chi connectivity index (χ1n) is 9.12. The van der Waals surface area contributed by atoms with E-state index in [1.807, 2.05) is 0 Å². The molecule has 23 heavy (non-hydrogen) atoms. The van der Waals surface area contributed by atoms with Gasteiger partial charge in [-0.05, 0) is 67.4 Å². The summed E-state index contributed by atoms with van der Waals surface area (Å²) >= 11 is 0. The van der Waals surface area contributed by atoms with Crippen LogP contribution in [0.4, 0.5) is 0 Å². The molecule has 0 amide bonds. The Balaban J connectivity index is 1.87. The Morgan fingerprint density at radius 1 is 1.17 bits per heavy atom. The molecule has 3 aliphatic rings. The fourth-order valence-corrected chi connectivity index (χ4v) is 6.72. The third-order valence-electron chi connectivity index (χ3n) is 7.69. The summed E-state index contributed by atoms with van der Waals surface area (Å²) in [5.74, 6) is 1.01. The van der Waals surface area contributed by atoms with E-state index in [2.05, 4.69) is 26.8 Å². The van der Waals surface area contributed by atoms with Gasteiger partial charge in [-0.25, -0.2) is 0 Å². The quantitative estimate of drug-likeness (QED) is 0.810. The van der Waals surface area contributed by atoms with Crippen LogP contribution in [0.5, 0.6) is 0 Å². The van der Waals surface area contributed by atoms with E-state index in [0.29, 0.717) is 0 Å². The van der Waals surface area contributed by atoms with E-state index in [1.54, 1.807) is 6.26 Å². The van der Waals surface area contributed by atoms with E-state index < -0.39 is 11.4 Å². The molecule has 0 aromatic carbocycles. The van der Waals surface area contributed by atoms with Crippen molar-refractivity contribution in [2.24, 2.45) is 22.7 Å². The first-order valence-corrected chi connectivity index (χ1v) is 9.12. The molecule has 2 saturated carbocycles. The normalized spacial score (nSPS) is 41.5. The zero-order chi connectivity index (χ0) is 16.5. The molecular formula is C20H28O3. The van der Waals surface area contributed by atoms with Crippen LogP contribution in [0.3, 0.4) is 0 Å². The number of aryl methyl sites for hydroxylation is 1. The molecule has 4 rings (SSSR count). The Morgan fingerprint density at radius 2 is 1.96 bits per heavy atom. The van der Waals surface area contributed by atoms with Crippen molar-refractivity contribution in [3.05, 3.63) is 23.7 Å². The summed E-state index contributed by atoms with van der Waals surface area (Å²) in [6.45, 7) is 6.85. The highest BCUT2D eigenvalue weighted by molar-refractivity contribution is 5.77. The summed E-state index contributed by atoms with van der Waals surface area (Å²) in [4.78, 5) is 12.6. The van der Waals surface area contributed by atoms with Crippen LogP contribution < -0.4 is 0 Å². The molecule has 3 heteroatoms. The van der Waals surface area contributed by atoms with Crippen molar-refractivity contribution in [3.63, 3.8) is 0 Å². The zero-order valence-corrected chi connectivity index (χ0v) is 14.5. The lowest BCUT2D eigenvalue weighted by atomic mass is 9.40. The number of aliphatic carboxylic acids is 1. The van der Waals surface area contributed by atoms with Gasteiger partial charge in [0.05, 0.1) is 11.7 Å². The maximum atomic E-state index is 12.6. The van der Waals surface area contributed by atoms with Gasteiger partial charge < -0.3 is 9.52 Å². The minimum Gasteiger partial charge on any atom is -0.481 e. The number of carbonyl (C=O) groups is 1. The van der Waals surface area contributed by atoms with Crippen LogP contribution in [-0.2, 0) is 16.6 Å². The highest BCUT2D eigenvalue weighted by Crippen LogP contribution is 2.67. The van der Waals surface area contributed by atoms with Gasteiger partial charge in [0.25, 0.3) is 0 Å². The van der Waals surface area contributed by atoms with Crippen molar-refractivity contribution in [2.45, 2.75) is 71.1 Å². The van der Waals surface area contributed by atoms with Gasteiger partial charge in [0.2, 0.25) is 0 Å². The Morgan fingerprint density at radius 3 is 2.70 bits per heavy atom. The fraction of sp³-hybridized carbons (Fsp3) is 0.750. The number of carboxylic acid groups (broad SMARTS) is 1. The molecule has 0 unspecified atom stereocenters. The summed E-state index contributed by atoms with van der Waals surface area (Å²) in [6, 6.07) is 2.08. The second-order valence-electron chi connectivity index (χ2n) is 9.06. The fourth-order valence-electron chi connectivity index (χ4n) is 6.72. The van der Waals surface area contributed by atoms with Crippen LogP contribution in [0.25, 0.3) is 0 Å². The van der Waals surface area contributed by atoms with Crippen molar-refractivity contribution >= 4 is 5.97 Å². The predicted octanol–water partition coefficient (Wildman–Crippen LogP) is 4.79. The van der Waals surface area contributed by atoms with Crippen molar-refractivity contribution in [3.8, 4) is 0 Å². The molecule has 1 aromatic heterocycles. The monoisotopic (exact) mass is 316 g/mol. The molecule has 126 valence electrons. The first kappa shape index (κ1) is 15.3. The van der Waals surface area contributed by atoms with E-state index in [4.69, 9.17) is 4.42 Å². The second-order valence-corrected chi connectivity index (χ2v) is 9.06. The standard InChI is InChI=1S/C20H28O3/c1-18(2)9-4-10-20(17(21)22)14(18)7-11-19(3)15(20)6-5-13-8-12-23-16(13)19/h8,12,14-15H,4-7,9-11H2,1-3H3,(H,21,22)/t14-,15-,19-,20-/m1/s1. The molecule has 2 fully saturated rings. The lowest BCUT2D eigenvalue weighted by Gasteiger charge is -2.62. The van der Waals surface area contributed by atoms with E-state index in [1.165, 1.54) is 5.56 Å². The van der Waals surface area contributed by atoms with Crippen LogP contribution in [-0.4, -0.2) is 11.1 Å². The molecule has 1 heterocycles. The largest absolute Gasteiger partial charge is 0.481 e. The zero-order valence-electron chi connectivity index (χ0n) is 14.5. The average molecular weight is 316 g/mol. The van der Waals surface area contributed by atoms with E-state index in [0.717, 1.165) is 50.7 Å². The smallest absolute Gasteiger partial charge is 0.310 e. The first-order chi connectivity index (χ1) is 10.8. The summed E-state index contributed by atoms with van der Waals surface area (Å²) in [5.41, 5.74) is 0.748. The van der Waals surface area contributed by atoms with Gasteiger partial charge in [-0.2, -0.15) is 0 Å². The van der Waals surface area contributed by atoms with Gasteiger partial charge in [-0.15, -0.1) is 0 Å². The number of hydrogen-bond donors (Lipinski definition) is 1. The van der Waals surface area contributed by atoms with Crippen LogP contribution in [0.15, 0.2) is 16.7 Å². The Labute approximate surface area is 138 Å². The van der Waals surface area contributed by atoms with Gasteiger partial charge in [-0.1, -0.05) is 27.2 Å². The second kappa shape index (κ2) is 4.64. The molecule has 3 aliphatic carbocycles. The van der Waals surface area contributed by atoms with E-state index in [-0.39, 0.29) is 22.7 Å². The summed E-state index contributed by atoms with van der Waals surface area (Å²) in [5, 5.41) is 10.4. The molecule has 0 bridgehead atoms. The molecule has 0 spiro atoms. The van der Waals surface area contributed by atoms with Crippen LogP contribution in [0.2, 0.25) is 0 Å². The lowest BCUT2D eigenvalue weighted by molar-refractivity contribution is -0.184. The van der Waals surface area contributed by atoms with Crippen LogP contribution >= 0.6 is 0 Å². The summed E-state index contributed by atoms with van der Waals surface area (Å²) in [6.07, 6.45) is 8.84. The molecule has 0 radical (unpaired) electrons. The molecular weight excluding hydrogens is 288 g/mol. The maximum absolute atomic E-state index is 12.6. The van der Waals surface area contributed by atoms with E-state index in [9.17, 15) is 9.90 Å². The van der Waals surface area contributed by atoms with Crippen molar-refractivity contribution < 1.29 is 14.3 Å². The third-order valence-corrected chi connectivity index (χ3v) is 7.69. The topological polar surface area (TPSA) is 50.4 Å². The van der Waals surface area contributed by atoms with Gasteiger partial charge in [0.15, 0.2) is 0 Å². The number of furan rings is 1. The minimum atomic E-state index is -0.570. The van der Waals surface area contributed by atoms with Gasteiger partial charge >= 0.3 is 5.97 Å². The van der Waals surface area contributed by atoms with Gasteiger partial charge in [-0.3, -0.25) is 4.79 Å². The average Bonchev–Trinajstić information content (AvgIpc) is 2.95. The third kappa shape index (κ3) is 1.79. The number of hydrogen-bond acceptors (Lipinski definition) is 2. The van der Waals surface area contributed by atoms with Crippen LogP contribution in [0.1, 0.15) is 70.6 Å². The van der Waals surface area contributed by atoms with Crippen LogP contribution in [0, 0.1) is 22.7 Å². The van der Waals surface area contributed by atoms with Gasteiger partial charge in [0, 0.05) is 5.41 Å². The maximum Gasteiger partial charge on any atom is 0.310 e. The van der Waals surface area contributed by atoms with Crippen molar-refractivity contribution in [2.75, 3.05) is 0 Å². The minimum absolute atomic E-state index is 0.112. The molecule has 4 atom stereocenters. The van der Waals surface area contributed by atoms with Gasteiger partial charge in [0.1, 0.15) is 5.76 Å². The summed E-state index contributed by atoms with van der Waals surface area (Å²) < 4.78 is 5.89. The number of carboxylic acids is 1. The molecule has 1 N–H and O–H groups in total. The highest BCUT2D eigenvalue weighted by atomic mass is 16.4.